The van der Waals surface area contributed by atoms with Crippen molar-refractivity contribution >= 4 is 5.91 Å². The molecule has 0 saturated carbocycles. The summed E-state index contributed by atoms with van der Waals surface area (Å²) in [6.45, 7) is 3.27. The fourth-order valence-corrected chi connectivity index (χ4v) is 3.43. The topological polar surface area (TPSA) is 68.2 Å². The van der Waals surface area contributed by atoms with Crippen LogP contribution in [0.5, 0.6) is 11.6 Å². The number of aromatic nitrogens is 3. The standard InChI is InChI=1S/C22H22N4O2/c1-16-7-8-18(15-25-16)22(27)26-13-9-17(10-14-26)20-21(24-12-11-23-20)28-19-5-3-2-4-6-19/h2-8,11-12,15,17H,9-10,13-14H2,1H3. The summed E-state index contributed by atoms with van der Waals surface area (Å²) >= 11 is 0. The van der Waals surface area contributed by atoms with Gasteiger partial charge in [-0.15, -0.1) is 0 Å². The Balaban J connectivity index is 1.44. The van der Waals surface area contributed by atoms with E-state index in [1.165, 1.54) is 0 Å². The monoisotopic (exact) mass is 374 g/mol. The van der Waals surface area contributed by atoms with Crippen LogP contribution in [-0.4, -0.2) is 38.8 Å². The van der Waals surface area contributed by atoms with Crippen LogP contribution in [0.4, 0.5) is 0 Å². The number of hydrogen-bond donors (Lipinski definition) is 0. The van der Waals surface area contributed by atoms with Crippen molar-refractivity contribution in [2.45, 2.75) is 25.7 Å². The first-order chi connectivity index (χ1) is 13.7. The number of carbonyl (C=O) groups is 1. The Morgan fingerprint density at radius 2 is 1.75 bits per heavy atom. The molecule has 0 aliphatic carbocycles. The van der Waals surface area contributed by atoms with Gasteiger partial charge in [0.25, 0.3) is 5.91 Å². The van der Waals surface area contributed by atoms with Crippen molar-refractivity contribution in [1.29, 1.82) is 0 Å². The molecule has 0 unspecified atom stereocenters. The number of para-hydroxylation sites is 1. The van der Waals surface area contributed by atoms with Gasteiger partial charge in [0, 0.05) is 43.3 Å². The fourth-order valence-electron chi connectivity index (χ4n) is 3.43. The summed E-state index contributed by atoms with van der Waals surface area (Å²) < 4.78 is 5.96. The minimum Gasteiger partial charge on any atom is -0.437 e. The minimum absolute atomic E-state index is 0.0332. The third kappa shape index (κ3) is 4.01. The first kappa shape index (κ1) is 18.1. The number of piperidine rings is 1. The fraction of sp³-hybridized carbons (Fsp3) is 0.273. The van der Waals surface area contributed by atoms with Crippen LogP contribution in [0.15, 0.2) is 61.1 Å². The predicted octanol–water partition coefficient (Wildman–Crippen LogP) is 3.99. The Morgan fingerprint density at radius 1 is 1.00 bits per heavy atom. The molecule has 1 aromatic carbocycles. The van der Waals surface area contributed by atoms with Crippen molar-refractivity contribution in [3.63, 3.8) is 0 Å². The molecule has 0 bridgehead atoms. The van der Waals surface area contributed by atoms with Crippen LogP contribution in [0.2, 0.25) is 0 Å². The van der Waals surface area contributed by atoms with Crippen LogP contribution in [0.3, 0.4) is 0 Å². The molecule has 3 heterocycles. The molecule has 4 rings (SSSR count). The largest absolute Gasteiger partial charge is 0.437 e. The zero-order valence-corrected chi connectivity index (χ0v) is 15.8. The Labute approximate surface area is 164 Å². The second-order valence-corrected chi connectivity index (χ2v) is 6.92. The molecular formula is C22H22N4O2. The number of hydrogen-bond acceptors (Lipinski definition) is 5. The van der Waals surface area contributed by atoms with E-state index in [2.05, 4.69) is 15.0 Å². The third-order valence-corrected chi connectivity index (χ3v) is 4.98. The Hall–Kier alpha value is -3.28. The Bertz CT molecular complexity index is 936. The quantitative estimate of drug-likeness (QED) is 0.691. The second kappa shape index (κ2) is 8.17. The Morgan fingerprint density at radius 3 is 2.46 bits per heavy atom. The molecule has 0 spiro atoms. The van der Waals surface area contributed by atoms with Crippen LogP contribution in [0.1, 0.15) is 40.5 Å². The van der Waals surface area contributed by atoms with Gasteiger partial charge < -0.3 is 9.64 Å². The average Bonchev–Trinajstić information content (AvgIpc) is 2.75. The van der Waals surface area contributed by atoms with Crippen LogP contribution in [0.25, 0.3) is 0 Å². The number of nitrogens with zero attached hydrogens (tertiary/aromatic N) is 4. The first-order valence-corrected chi connectivity index (χ1v) is 9.46. The van der Waals surface area contributed by atoms with Crippen LogP contribution in [0, 0.1) is 6.92 Å². The van der Waals surface area contributed by atoms with Crippen molar-refractivity contribution in [3.8, 4) is 11.6 Å². The molecule has 28 heavy (non-hydrogen) atoms. The molecule has 142 valence electrons. The third-order valence-electron chi connectivity index (χ3n) is 4.98. The lowest BCUT2D eigenvalue weighted by atomic mass is 9.93. The van der Waals surface area contributed by atoms with Gasteiger partial charge in [-0.05, 0) is 44.0 Å². The highest BCUT2D eigenvalue weighted by Crippen LogP contribution is 2.33. The summed E-state index contributed by atoms with van der Waals surface area (Å²) in [4.78, 5) is 27.7. The maximum absolute atomic E-state index is 12.7. The van der Waals surface area contributed by atoms with Gasteiger partial charge in [0.1, 0.15) is 11.4 Å². The minimum atomic E-state index is 0.0332. The van der Waals surface area contributed by atoms with Gasteiger partial charge in [-0.3, -0.25) is 14.8 Å². The van der Waals surface area contributed by atoms with Gasteiger partial charge in [0.05, 0.1) is 5.56 Å². The summed E-state index contributed by atoms with van der Waals surface area (Å²) in [6.07, 6.45) is 6.65. The normalized spacial score (nSPS) is 14.7. The molecule has 3 aromatic rings. The maximum atomic E-state index is 12.7. The highest BCUT2D eigenvalue weighted by Gasteiger charge is 2.28. The van der Waals surface area contributed by atoms with Crippen molar-refractivity contribution in [3.05, 3.63) is 78.0 Å². The number of amides is 1. The number of carbonyl (C=O) groups excluding carboxylic acids is 1. The van der Waals surface area contributed by atoms with E-state index in [1.54, 1.807) is 18.6 Å². The van der Waals surface area contributed by atoms with Crippen LogP contribution in [-0.2, 0) is 0 Å². The molecule has 1 saturated heterocycles. The van der Waals surface area contributed by atoms with Crippen molar-refractivity contribution in [1.82, 2.24) is 19.9 Å². The summed E-state index contributed by atoms with van der Waals surface area (Å²) in [6, 6.07) is 13.3. The highest BCUT2D eigenvalue weighted by atomic mass is 16.5. The lowest BCUT2D eigenvalue weighted by molar-refractivity contribution is 0.0711. The molecule has 6 heteroatoms. The highest BCUT2D eigenvalue weighted by molar-refractivity contribution is 5.94. The maximum Gasteiger partial charge on any atom is 0.255 e. The van der Waals surface area contributed by atoms with E-state index in [-0.39, 0.29) is 11.8 Å². The number of rotatable bonds is 4. The molecule has 1 aliphatic rings. The SMILES string of the molecule is Cc1ccc(C(=O)N2CCC(c3nccnc3Oc3ccccc3)CC2)cn1. The van der Waals surface area contributed by atoms with Crippen molar-refractivity contribution in [2.24, 2.45) is 0 Å². The lowest BCUT2D eigenvalue weighted by Gasteiger charge is -2.32. The van der Waals surface area contributed by atoms with Gasteiger partial charge in [-0.2, -0.15) is 0 Å². The zero-order chi connectivity index (χ0) is 19.3. The van der Waals surface area contributed by atoms with Crippen LogP contribution < -0.4 is 4.74 Å². The molecule has 2 aromatic heterocycles. The van der Waals surface area contributed by atoms with Crippen LogP contribution >= 0.6 is 0 Å². The van der Waals surface area contributed by atoms with E-state index in [0.717, 1.165) is 30.0 Å². The van der Waals surface area contributed by atoms with Gasteiger partial charge in [-0.1, -0.05) is 18.2 Å². The van der Waals surface area contributed by atoms with E-state index in [1.807, 2.05) is 54.3 Å². The van der Waals surface area contributed by atoms with Crippen molar-refractivity contribution in [2.75, 3.05) is 13.1 Å². The molecule has 0 radical (unpaired) electrons. The molecule has 0 N–H and O–H groups in total. The second-order valence-electron chi connectivity index (χ2n) is 6.92. The number of pyridine rings is 1. The number of aryl methyl sites for hydroxylation is 1. The van der Waals surface area contributed by atoms with Gasteiger partial charge in [0.2, 0.25) is 5.88 Å². The number of benzene rings is 1. The van der Waals surface area contributed by atoms with E-state index in [0.29, 0.717) is 24.5 Å². The first-order valence-electron chi connectivity index (χ1n) is 9.46. The average molecular weight is 374 g/mol. The molecular weight excluding hydrogens is 352 g/mol. The summed E-state index contributed by atoms with van der Waals surface area (Å²) in [5.74, 6) is 1.53. The zero-order valence-electron chi connectivity index (χ0n) is 15.8. The summed E-state index contributed by atoms with van der Waals surface area (Å²) in [7, 11) is 0. The smallest absolute Gasteiger partial charge is 0.255 e. The molecule has 1 fully saturated rings. The van der Waals surface area contributed by atoms with Crippen molar-refractivity contribution < 1.29 is 9.53 Å². The molecule has 0 atom stereocenters. The van der Waals surface area contributed by atoms with Gasteiger partial charge in [0.15, 0.2) is 0 Å². The van der Waals surface area contributed by atoms with Gasteiger partial charge >= 0.3 is 0 Å². The molecule has 1 amide bonds. The van der Waals surface area contributed by atoms with E-state index in [4.69, 9.17) is 4.74 Å². The number of likely N-dealkylation sites (tertiary alicyclic amines) is 1. The van der Waals surface area contributed by atoms with E-state index < -0.39 is 0 Å². The van der Waals surface area contributed by atoms with E-state index in [9.17, 15) is 4.79 Å². The Kier molecular flexibility index (Phi) is 5.28. The lowest BCUT2D eigenvalue weighted by Crippen LogP contribution is -2.38. The number of ether oxygens (including phenoxy) is 1. The molecule has 1 aliphatic heterocycles. The van der Waals surface area contributed by atoms with E-state index >= 15 is 0 Å². The van der Waals surface area contributed by atoms with Gasteiger partial charge in [-0.25, -0.2) is 4.98 Å². The summed E-state index contributed by atoms with van der Waals surface area (Å²) in [5.41, 5.74) is 2.40. The molecule has 6 nitrogen and oxygen atoms in total. The summed E-state index contributed by atoms with van der Waals surface area (Å²) in [5, 5.41) is 0. The predicted molar refractivity (Wildman–Crippen MR) is 105 cm³/mol.